The molecule has 7 heteroatoms. The lowest BCUT2D eigenvalue weighted by atomic mass is 9.97. The third-order valence-corrected chi connectivity index (χ3v) is 4.79. The van der Waals surface area contributed by atoms with Gasteiger partial charge in [0.05, 0.1) is 5.56 Å². The van der Waals surface area contributed by atoms with Crippen LogP contribution in [0.25, 0.3) is 11.1 Å². The highest BCUT2D eigenvalue weighted by Crippen LogP contribution is 2.22. The number of amides is 1. The van der Waals surface area contributed by atoms with E-state index in [1.807, 2.05) is 20.8 Å². The third-order valence-electron chi connectivity index (χ3n) is 4.79. The quantitative estimate of drug-likeness (QED) is 0.877. The molecule has 1 aromatic carbocycles. The van der Waals surface area contributed by atoms with Gasteiger partial charge in [-0.3, -0.25) is 4.79 Å². The first-order valence-corrected chi connectivity index (χ1v) is 9.56. The van der Waals surface area contributed by atoms with Gasteiger partial charge in [-0.05, 0) is 63.3 Å². The van der Waals surface area contributed by atoms with Gasteiger partial charge in [-0.15, -0.1) is 0 Å². The summed E-state index contributed by atoms with van der Waals surface area (Å²) in [4.78, 5) is 26.7. The molecule has 1 aliphatic rings. The summed E-state index contributed by atoms with van der Waals surface area (Å²) < 4.78 is 6.92. The van der Waals surface area contributed by atoms with Crippen molar-refractivity contribution >= 4 is 6.09 Å². The first kappa shape index (κ1) is 19.9. The molecular weight excluding hydrogens is 358 g/mol. The number of hydrogen-bond acceptors (Lipinski definition) is 5. The number of piperidine rings is 1. The van der Waals surface area contributed by atoms with Gasteiger partial charge in [-0.25, -0.2) is 9.48 Å². The molecule has 28 heavy (non-hydrogen) atoms. The maximum atomic E-state index is 12.8. The smallest absolute Gasteiger partial charge is 0.410 e. The second kappa shape index (κ2) is 8.04. The Morgan fingerprint density at radius 1 is 1.18 bits per heavy atom. The molecule has 1 saturated heterocycles. The lowest BCUT2D eigenvalue weighted by Crippen LogP contribution is -2.42. The van der Waals surface area contributed by atoms with E-state index in [2.05, 4.69) is 5.10 Å². The van der Waals surface area contributed by atoms with Crippen molar-refractivity contribution in [2.24, 2.45) is 5.92 Å². The SMILES string of the molecule is CC(C)(C)OC(=O)N1CCC(Cn2nccc(-c3ccc(O)cc3)c2=O)CC1. The van der Waals surface area contributed by atoms with Gasteiger partial charge in [0.15, 0.2) is 0 Å². The number of phenols is 1. The topological polar surface area (TPSA) is 84.7 Å². The number of aromatic nitrogens is 2. The molecule has 1 N–H and O–H groups in total. The zero-order valence-corrected chi connectivity index (χ0v) is 16.6. The van der Waals surface area contributed by atoms with Gasteiger partial charge in [0.25, 0.3) is 5.56 Å². The molecule has 7 nitrogen and oxygen atoms in total. The van der Waals surface area contributed by atoms with E-state index in [4.69, 9.17) is 4.74 Å². The zero-order valence-electron chi connectivity index (χ0n) is 16.6. The van der Waals surface area contributed by atoms with Gasteiger partial charge >= 0.3 is 6.09 Å². The third kappa shape index (κ3) is 4.91. The number of aromatic hydroxyl groups is 1. The maximum absolute atomic E-state index is 12.8. The Morgan fingerprint density at radius 2 is 1.82 bits per heavy atom. The standard InChI is InChI=1S/C21H27N3O4/c1-21(2,3)28-20(27)23-12-9-15(10-13-23)14-24-19(26)18(8-11-22-24)16-4-6-17(25)7-5-16/h4-8,11,15,25H,9-10,12-14H2,1-3H3. The summed E-state index contributed by atoms with van der Waals surface area (Å²) in [6.45, 7) is 7.33. The van der Waals surface area contributed by atoms with E-state index >= 15 is 0 Å². The first-order valence-electron chi connectivity index (χ1n) is 9.56. The van der Waals surface area contributed by atoms with E-state index < -0.39 is 5.60 Å². The minimum absolute atomic E-state index is 0.150. The molecule has 150 valence electrons. The second-order valence-electron chi connectivity index (χ2n) is 8.19. The molecule has 3 rings (SSSR count). The minimum Gasteiger partial charge on any atom is -0.508 e. The summed E-state index contributed by atoms with van der Waals surface area (Å²) in [6, 6.07) is 8.25. The highest BCUT2D eigenvalue weighted by atomic mass is 16.6. The van der Waals surface area contributed by atoms with Crippen molar-refractivity contribution < 1.29 is 14.6 Å². The number of carbonyl (C=O) groups is 1. The van der Waals surface area contributed by atoms with Crippen LogP contribution in [0.15, 0.2) is 41.3 Å². The highest BCUT2D eigenvalue weighted by molar-refractivity contribution is 5.68. The van der Waals surface area contributed by atoms with E-state index in [-0.39, 0.29) is 23.3 Å². The molecule has 0 atom stereocenters. The minimum atomic E-state index is -0.500. The molecule has 0 radical (unpaired) electrons. The number of ether oxygens (including phenoxy) is 1. The monoisotopic (exact) mass is 385 g/mol. The molecule has 0 saturated carbocycles. The van der Waals surface area contributed by atoms with Crippen molar-refractivity contribution in [1.82, 2.24) is 14.7 Å². The van der Waals surface area contributed by atoms with E-state index in [1.54, 1.807) is 41.4 Å². The predicted octanol–water partition coefficient (Wildman–Crippen LogP) is 3.26. The van der Waals surface area contributed by atoms with Gasteiger partial charge in [0.1, 0.15) is 11.4 Å². The number of hydrogen-bond donors (Lipinski definition) is 1. The summed E-state index contributed by atoms with van der Waals surface area (Å²) in [7, 11) is 0. The molecular formula is C21H27N3O4. The fraction of sp³-hybridized carbons (Fsp3) is 0.476. The fourth-order valence-corrected chi connectivity index (χ4v) is 3.31. The van der Waals surface area contributed by atoms with E-state index in [0.29, 0.717) is 25.2 Å². The molecule has 0 spiro atoms. The van der Waals surface area contributed by atoms with Crippen LogP contribution in [0.3, 0.4) is 0 Å². The van der Waals surface area contributed by atoms with Crippen molar-refractivity contribution in [3.05, 3.63) is 46.9 Å². The largest absolute Gasteiger partial charge is 0.508 e. The highest BCUT2D eigenvalue weighted by Gasteiger charge is 2.27. The molecule has 1 amide bonds. The molecule has 1 aromatic heterocycles. The van der Waals surface area contributed by atoms with E-state index in [1.165, 1.54) is 4.68 Å². The summed E-state index contributed by atoms with van der Waals surface area (Å²) in [5, 5.41) is 13.7. The number of carbonyl (C=O) groups excluding carboxylic acids is 1. The Hall–Kier alpha value is -2.83. The van der Waals surface area contributed by atoms with Crippen LogP contribution in [0.2, 0.25) is 0 Å². The Labute approximate surface area is 164 Å². The van der Waals surface area contributed by atoms with Crippen molar-refractivity contribution in [2.75, 3.05) is 13.1 Å². The van der Waals surface area contributed by atoms with Crippen LogP contribution < -0.4 is 5.56 Å². The predicted molar refractivity (Wildman–Crippen MR) is 106 cm³/mol. The molecule has 0 bridgehead atoms. The van der Waals surface area contributed by atoms with E-state index in [9.17, 15) is 14.7 Å². The maximum Gasteiger partial charge on any atom is 0.410 e. The Bertz CT molecular complexity index is 876. The molecule has 1 fully saturated rings. The van der Waals surface area contributed by atoms with Gasteiger partial charge in [0.2, 0.25) is 0 Å². The Kier molecular flexibility index (Phi) is 5.72. The molecule has 2 heterocycles. The number of nitrogens with zero attached hydrogens (tertiary/aromatic N) is 3. The number of rotatable bonds is 3. The summed E-state index contributed by atoms with van der Waals surface area (Å²) in [5.41, 5.74) is 0.655. The zero-order chi connectivity index (χ0) is 20.3. The van der Waals surface area contributed by atoms with E-state index in [0.717, 1.165) is 18.4 Å². The number of benzene rings is 1. The molecule has 2 aromatic rings. The van der Waals surface area contributed by atoms with Crippen LogP contribution >= 0.6 is 0 Å². The van der Waals surface area contributed by atoms with Crippen LogP contribution in [-0.2, 0) is 11.3 Å². The summed E-state index contributed by atoms with van der Waals surface area (Å²) >= 11 is 0. The Morgan fingerprint density at radius 3 is 2.43 bits per heavy atom. The molecule has 1 aliphatic heterocycles. The van der Waals surface area contributed by atoms with Gasteiger partial charge < -0.3 is 14.7 Å². The summed E-state index contributed by atoms with van der Waals surface area (Å²) in [6.07, 6.45) is 2.95. The van der Waals surface area contributed by atoms with Crippen molar-refractivity contribution in [3.8, 4) is 16.9 Å². The van der Waals surface area contributed by atoms with Crippen LogP contribution in [0.4, 0.5) is 4.79 Å². The average molecular weight is 385 g/mol. The van der Waals surface area contributed by atoms with Crippen LogP contribution in [0.5, 0.6) is 5.75 Å². The van der Waals surface area contributed by atoms with Crippen molar-refractivity contribution in [2.45, 2.75) is 45.8 Å². The molecule has 0 unspecified atom stereocenters. The van der Waals surface area contributed by atoms with Gasteiger partial charge in [-0.1, -0.05) is 12.1 Å². The molecule has 0 aliphatic carbocycles. The normalized spacial score (nSPS) is 15.5. The van der Waals surface area contributed by atoms with Crippen LogP contribution in [-0.4, -0.2) is 44.6 Å². The Balaban J connectivity index is 1.64. The van der Waals surface area contributed by atoms with Gasteiger partial charge in [-0.2, -0.15) is 5.10 Å². The average Bonchev–Trinajstić information content (AvgIpc) is 2.63. The lowest BCUT2D eigenvalue weighted by molar-refractivity contribution is 0.0176. The second-order valence-corrected chi connectivity index (χ2v) is 8.19. The van der Waals surface area contributed by atoms with Gasteiger partial charge in [0, 0.05) is 25.8 Å². The van der Waals surface area contributed by atoms with Crippen molar-refractivity contribution in [3.63, 3.8) is 0 Å². The van der Waals surface area contributed by atoms with Crippen LogP contribution in [0.1, 0.15) is 33.6 Å². The number of phenolic OH excluding ortho intramolecular Hbond substituents is 1. The fourth-order valence-electron chi connectivity index (χ4n) is 3.31. The van der Waals surface area contributed by atoms with Crippen molar-refractivity contribution in [1.29, 1.82) is 0 Å². The first-order chi connectivity index (χ1) is 13.2. The van der Waals surface area contributed by atoms with Crippen LogP contribution in [0, 0.1) is 5.92 Å². The lowest BCUT2D eigenvalue weighted by Gasteiger charge is -2.33. The number of likely N-dealkylation sites (tertiary alicyclic amines) is 1. The summed E-state index contributed by atoms with van der Waals surface area (Å²) in [5.74, 6) is 0.439.